The molecule has 2 heterocycles. The van der Waals surface area contributed by atoms with Crippen LogP contribution in [0.4, 0.5) is 0 Å². The molecule has 0 amide bonds. The van der Waals surface area contributed by atoms with Crippen molar-refractivity contribution < 1.29 is 9.84 Å². The molecule has 0 atom stereocenters. The Morgan fingerprint density at radius 1 is 1.31 bits per heavy atom. The number of fused-ring (bicyclic) bond motifs is 1. The summed E-state index contributed by atoms with van der Waals surface area (Å²) in [5.41, 5.74) is 2.97. The summed E-state index contributed by atoms with van der Waals surface area (Å²) in [7, 11) is 0. The molecule has 1 aliphatic heterocycles. The first kappa shape index (κ1) is 9.42. The van der Waals surface area contributed by atoms with Gasteiger partial charge in [0.05, 0.1) is 25.1 Å². The van der Waals surface area contributed by atoms with Crippen LogP contribution in [-0.2, 0) is 17.8 Å². The Labute approximate surface area is 93.1 Å². The van der Waals surface area contributed by atoms with Crippen LogP contribution in [0.3, 0.4) is 0 Å². The Morgan fingerprint density at radius 3 is 3.06 bits per heavy atom. The van der Waals surface area contributed by atoms with Crippen molar-refractivity contribution in [3.63, 3.8) is 0 Å². The summed E-state index contributed by atoms with van der Waals surface area (Å²) in [5, 5.41) is 14.1. The van der Waals surface area contributed by atoms with Gasteiger partial charge in [-0.3, -0.25) is 0 Å². The van der Waals surface area contributed by atoms with Gasteiger partial charge in [-0.05, 0) is 12.1 Å². The van der Waals surface area contributed by atoms with Crippen LogP contribution in [0.2, 0.25) is 0 Å². The SMILES string of the molecule is Oc1ccccc1-n1ncc2c1CCOC2. The van der Waals surface area contributed by atoms with E-state index in [1.807, 2.05) is 12.1 Å². The molecule has 1 N–H and O–H groups in total. The van der Waals surface area contributed by atoms with Crippen LogP contribution < -0.4 is 0 Å². The van der Waals surface area contributed by atoms with Crippen molar-refractivity contribution >= 4 is 0 Å². The Morgan fingerprint density at radius 2 is 2.19 bits per heavy atom. The molecule has 4 heteroatoms. The van der Waals surface area contributed by atoms with Gasteiger partial charge in [-0.15, -0.1) is 0 Å². The van der Waals surface area contributed by atoms with Crippen LogP contribution >= 0.6 is 0 Å². The molecule has 1 aliphatic rings. The fourth-order valence-corrected chi connectivity index (χ4v) is 2.00. The average Bonchev–Trinajstić information content (AvgIpc) is 2.74. The molecule has 0 fully saturated rings. The molecule has 0 unspecified atom stereocenters. The largest absolute Gasteiger partial charge is 0.506 e. The summed E-state index contributed by atoms with van der Waals surface area (Å²) in [6, 6.07) is 7.22. The number of hydrogen-bond donors (Lipinski definition) is 1. The maximum atomic E-state index is 9.79. The molecule has 0 saturated heterocycles. The molecule has 0 spiro atoms. The van der Waals surface area contributed by atoms with Gasteiger partial charge >= 0.3 is 0 Å². The lowest BCUT2D eigenvalue weighted by Crippen LogP contribution is -2.12. The zero-order valence-electron chi connectivity index (χ0n) is 8.76. The average molecular weight is 216 g/mol. The number of hydrogen-bond acceptors (Lipinski definition) is 3. The summed E-state index contributed by atoms with van der Waals surface area (Å²) < 4.78 is 7.16. The molecule has 1 aromatic heterocycles. The third-order valence-corrected chi connectivity index (χ3v) is 2.81. The van der Waals surface area contributed by atoms with Crippen LogP contribution in [0, 0.1) is 0 Å². The topological polar surface area (TPSA) is 47.3 Å². The molecule has 1 aromatic carbocycles. The summed E-state index contributed by atoms with van der Waals surface area (Å²) in [6.07, 6.45) is 2.64. The Balaban J connectivity index is 2.13. The highest BCUT2D eigenvalue weighted by Crippen LogP contribution is 2.25. The number of phenols is 1. The standard InChI is InChI=1S/C12H12N2O2/c15-12-4-2-1-3-11(12)14-10-5-6-16-8-9(10)7-13-14/h1-4,7,15H,5-6,8H2. The van der Waals surface area contributed by atoms with Crippen LogP contribution in [0.5, 0.6) is 5.75 Å². The van der Waals surface area contributed by atoms with E-state index in [1.54, 1.807) is 23.0 Å². The number of nitrogens with zero attached hydrogens (tertiary/aromatic N) is 2. The molecule has 2 aromatic rings. The van der Waals surface area contributed by atoms with Crippen molar-refractivity contribution in [2.45, 2.75) is 13.0 Å². The van der Waals surface area contributed by atoms with E-state index in [-0.39, 0.29) is 5.75 Å². The molecule has 16 heavy (non-hydrogen) atoms. The predicted molar refractivity (Wildman–Crippen MR) is 58.6 cm³/mol. The second kappa shape index (κ2) is 3.64. The first-order chi connectivity index (χ1) is 7.86. The fraction of sp³-hybridized carbons (Fsp3) is 0.250. The van der Waals surface area contributed by atoms with Crippen molar-refractivity contribution in [3.05, 3.63) is 41.7 Å². The summed E-state index contributed by atoms with van der Waals surface area (Å²) in [4.78, 5) is 0. The lowest BCUT2D eigenvalue weighted by Gasteiger charge is -2.15. The van der Waals surface area contributed by atoms with E-state index in [0.29, 0.717) is 13.2 Å². The lowest BCUT2D eigenvalue weighted by atomic mass is 10.1. The van der Waals surface area contributed by atoms with Gasteiger partial charge < -0.3 is 9.84 Å². The number of benzene rings is 1. The molecule has 3 rings (SSSR count). The van der Waals surface area contributed by atoms with Gasteiger partial charge in [0.25, 0.3) is 0 Å². The van der Waals surface area contributed by atoms with Crippen LogP contribution in [0.25, 0.3) is 5.69 Å². The van der Waals surface area contributed by atoms with Gasteiger partial charge in [-0.2, -0.15) is 5.10 Å². The quantitative estimate of drug-likeness (QED) is 0.788. The normalized spacial score (nSPS) is 14.8. The summed E-state index contributed by atoms with van der Waals surface area (Å²) >= 11 is 0. The van der Waals surface area contributed by atoms with E-state index < -0.39 is 0 Å². The molecular weight excluding hydrogens is 204 g/mol. The van der Waals surface area contributed by atoms with Gasteiger partial charge in [0.1, 0.15) is 11.4 Å². The maximum Gasteiger partial charge on any atom is 0.141 e. The molecule has 4 nitrogen and oxygen atoms in total. The Kier molecular flexibility index (Phi) is 2.15. The van der Waals surface area contributed by atoms with Gasteiger partial charge in [0.2, 0.25) is 0 Å². The number of aromatic nitrogens is 2. The van der Waals surface area contributed by atoms with Crippen molar-refractivity contribution in [2.24, 2.45) is 0 Å². The van der Waals surface area contributed by atoms with Crippen LogP contribution in [-0.4, -0.2) is 21.5 Å². The highest BCUT2D eigenvalue weighted by Gasteiger charge is 2.17. The van der Waals surface area contributed by atoms with E-state index in [2.05, 4.69) is 5.10 Å². The lowest BCUT2D eigenvalue weighted by molar-refractivity contribution is 0.109. The van der Waals surface area contributed by atoms with Crippen molar-refractivity contribution in [2.75, 3.05) is 6.61 Å². The molecule has 0 radical (unpaired) electrons. The first-order valence-corrected chi connectivity index (χ1v) is 5.28. The minimum Gasteiger partial charge on any atom is -0.506 e. The van der Waals surface area contributed by atoms with Gasteiger partial charge in [0, 0.05) is 12.0 Å². The third-order valence-electron chi connectivity index (χ3n) is 2.81. The number of para-hydroxylation sites is 2. The predicted octanol–water partition coefficient (Wildman–Crippen LogP) is 1.65. The van der Waals surface area contributed by atoms with E-state index in [9.17, 15) is 5.11 Å². The van der Waals surface area contributed by atoms with E-state index in [1.165, 1.54) is 0 Å². The summed E-state index contributed by atoms with van der Waals surface area (Å²) in [6.45, 7) is 1.33. The van der Waals surface area contributed by atoms with Crippen molar-refractivity contribution in [3.8, 4) is 11.4 Å². The monoisotopic (exact) mass is 216 g/mol. The van der Waals surface area contributed by atoms with Gasteiger partial charge in [-0.1, -0.05) is 12.1 Å². The first-order valence-electron chi connectivity index (χ1n) is 5.28. The minimum atomic E-state index is 0.250. The third kappa shape index (κ3) is 1.39. The van der Waals surface area contributed by atoms with Crippen molar-refractivity contribution in [1.29, 1.82) is 0 Å². The molecular formula is C12H12N2O2. The minimum absolute atomic E-state index is 0.250. The number of aromatic hydroxyl groups is 1. The highest BCUT2D eigenvalue weighted by molar-refractivity contribution is 5.46. The zero-order chi connectivity index (χ0) is 11.0. The van der Waals surface area contributed by atoms with E-state index >= 15 is 0 Å². The fourth-order valence-electron chi connectivity index (χ4n) is 2.00. The summed E-state index contributed by atoms with van der Waals surface area (Å²) in [5.74, 6) is 0.250. The van der Waals surface area contributed by atoms with Crippen LogP contribution in [0.15, 0.2) is 30.5 Å². The smallest absolute Gasteiger partial charge is 0.141 e. The molecule has 0 aliphatic carbocycles. The molecule has 82 valence electrons. The van der Waals surface area contributed by atoms with E-state index in [0.717, 1.165) is 23.4 Å². The second-order valence-corrected chi connectivity index (χ2v) is 3.82. The number of rotatable bonds is 1. The highest BCUT2D eigenvalue weighted by atomic mass is 16.5. The van der Waals surface area contributed by atoms with E-state index in [4.69, 9.17) is 4.74 Å². The second-order valence-electron chi connectivity index (χ2n) is 3.82. The Bertz CT molecular complexity index is 519. The molecule has 0 saturated carbocycles. The van der Waals surface area contributed by atoms with Crippen molar-refractivity contribution in [1.82, 2.24) is 9.78 Å². The zero-order valence-corrected chi connectivity index (χ0v) is 8.76. The number of ether oxygens (including phenoxy) is 1. The maximum absolute atomic E-state index is 9.79. The Hall–Kier alpha value is -1.81. The van der Waals surface area contributed by atoms with Gasteiger partial charge in [-0.25, -0.2) is 4.68 Å². The molecule has 0 bridgehead atoms. The van der Waals surface area contributed by atoms with Gasteiger partial charge in [0.15, 0.2) is 0 Å². The number of phenolic OH excluding ortho intramolecular Hbond substituents is 1. The van der Waals surface area contributed by atoms with Crippen LogP contribution in [0.1, 0.15) is 11.3 Å².